The molecule has 9 nitrogen and oxygen atoms in total. The minimum absolute atomic E-state index is 0.208. The predicted molar refractivity (Wildman–Crippen MR) is 116 cm³/mol. The molecule has 1 fully saturated rings. The second-order valence-electron chi connectivity index (χ2n) is 8.05. The van der Waals surface area contributed by atoms with Crippen LogP contribution in [0.3, 0.4) is 0 Å². The summed E-state index contributed by atoms with van der Waals surface area (Å²) >= 11 is 0. The molecule has 0 bridgehead atoms. The molecular formula is C23H22N6O3. The van der Waals surface area contributed by atoms with E-state index in [4.69, 9.17) is 0 Å². The maximum Gasteiger partial charge on any atom is 0.255 e. The van der Waals surface area contributed by atoms with E-state index in [1.807, 2.05) is 49.6 Å². The number of amides is 3. The van der Waals surface area contributed by atoms with E-state index in [0.717, 1.165) is 22.6 Å². The summed E-state index contributed by atoms with van der Waals surface area (Å²) in [6.07, 6.45) is 2.41. The highest BCUT2D eigenvalue weighted by Crippen LogP contribution is 2.31. The van der Waals surface area contributed by atoms with Gasteiger partial charge in [-0.05, 0) is 30.7 Å². The molecule has 1 saturated heterocycles. The maximum absolute atomic E-state index is 13.0. The van der Waals surface area contributed by atoms with Crippen LogP contribution in [0.1, 0.15) is 34.5 Å². The summed E-state index contributed by atoms with van der Waals surface area (Å²) in [7, 11) is 1.99. The van der Waals surface area contributed by atoms with Gasteiger partial charge in [-0.15, -0.1) is 5.10 Å². The van der Waals surface area contributed by atoms with Crippen LogP contribution in [0.4, 0.5) is 5.69 Å². The maximum atomic E-state index is 13.0. The smallest absolute Gasteiger partial charge is 0.255 e. The average molecular weight is 430 g/mol. The monoisotopic (exact) mass is 430 g/mol. The van der Waals surface area contributed by atoms with Crippen molar-refractivity contribution in [3.05, 3.63) is 71.5 Å². The number of rotatable bonds is 5. The van der Waals surface area contributed by atoms with Gasteiger partial charge in [0.15, 0.2) is 0 Å². The number of hydrogen-bond acceptors (Lipinski definition) is 6. The highest BCUT2D eigenvalue weighted by atomic mass is 16.2. The molecule has 162 valence electrons. The number of imide groups is 1. The first-order valence-electron chi connectivity index (χ1n) is 10.5. The fourth-order valence-corrected chi connectivity index (χ4v) is 4.29. The molecule has 1 N–H and O–H groups in total. The number of hydrogen-bond donors (Lipinski definition) is 1. The SMILES string of the molecule is CN(Cc1cn(-c2cccc3c2CN(C2CCC(=O)NC2=O)C3=O)nn1)c1ccccc1. The lowest BCUT2D eigenvalue weighted by Crippen LogP contribution is -2.52. The van der Waals surface area contributed by atoms with Gasteiger partial charge in [0.2, 0.25) is 11.8 Å². The fraction of sp³-hybridized carbons (Fsp3) is 0.261. The summed E-state index contributed by atoms with van der Waals surface area (Å²) in [6, 6.07) is 14.8. The molecule has 5 rings (SSSR count). The third-order valence-corrected chi connectivity index (χ3v) is 5.94. The van der Waals surface area contributed by atoms with Gasteiger partial charge in [0.25, 0.3) is 5.91 Å². The fourth-order valence-electron chi connectivity index (χ4n) is 4.29. The summed E-state index contributed by atoms with van der Waals surface area (Å²) in [5.41, 5.74) is 3.97. The van der Waals surface area contributed by atoms with Crippen LogP contribution in [0.25, 0.3) is 5.69 Å². The van der Waals surface area contributed by atoms with E-state index < -0.39 is 11.9 Å². The molecule has 0 spiro atoms. The Morgan fingerprint density at radius 3 is 2.69 bits per heavy atom. The lowest BCUT2D eigenvalue weighted by atomic mass is 10.0. The third-order valence-electron chi connectivity index (χ3n) is 5.94. The van der Waals surface area contributed by atoms with Gasteiger partial charge in [0, 0.05) is 36.8 Å². The summed E-state index contributed by atoms with van der Waals surface area (Å²) in [5.74, 6) is -0.928. The highest BCUT2D eigenvalue weighted by molar-refractivity contribution is 6.05. The number of benzene rings is 2. The normalized spacial score (nSPS) is 18.0. The number of carbonyl (C=O) groups excluding carboxylic acids is 3. The van der Waals surface area contributed by atoms with E-state index in [9.17, 15) is 14.4 Å². The predicted octanol–water partition coefficient (Wildman–Crippen LogP) is 1.66. The van der Waals surface area contributed by atoms with Crippen molar-refractivity contribution >= 4 is 23.4 Å². The molecule has 0 aliphatic carbocycles. The molecule has 2 aliphatic heterocycles. The molecule has 1 aromatic heterocycles. The zero-order valence-corrected chi connectivity index (χ0v) is 17.6. The molecule has 1 atom stereocenters. The number of anilines is 1. The Bertz CT molecular complexity index is 1210. The number of piperidine rings is 1. The summed E-state index contributed by atoms with van der Waals surface area (Å²) < 4.78 is 1.67. The number of nitrogens with one attached hydrogen (secondary N) is 1. The van der Waals surface area contributed by atoms with Crippen molar-refractivity contribution in [2.24, 2.45) is 0 Å². The Labute approximate surface area is 184 Å². The molecule has 1 unspecified atom stereocenters. The molecule has 2 aromatic carbocycles. The molecule has 9 heteroatoms. The second kappa shape index (κ2) is 7.92. The molecule has 2 aliphatic rings. The highest BCUT2D eigenvalue weighted by Gasteiger charge is 2.40. The quantitative estimate of drug-likeness (QED) is 0.618. The van der Waals surface area contributed by atoms with E-state index in [2.05, 4.69) is 20.5 Å². The van der Waals surface area contributed by atoms with Gasteiger partial charge >= 0.3 is 0 Å². The Kier molecular flexibility index (Phi) is 4.93. The van der Waals surface area contributed by atoms with E-state index >= 15 is 0 Å². The molecule has 3 amide bonds. The lowest BCUT2D eigenvalue weighted by molar-refractivity contribution is -0.136. The minimum Gasteiger partial charge on any atom is -0.369 e. The summed E-state index contributed by atoms with van der Waals surface area (Å²) in [6.45, 7) is 0.871. The number of carbonyl (C=O) groups is 3. The van der Waals surface area contributed by atoms with Crippen LogP contribution < -0.4 is 10.2 Å². The minimum atomic E-state index is -0.647. The first-order chi connectivity index (χ1) is 15.5. The standard InChI is InChI=1S/C23H22N6O3/c1-27(16-6-3-2-4-7-16)12-15-13-29(26-25-15)19-9-5-8-17-18(19)14-28(23(17)32)20-10-11-21(30)24-22(20)31/h2-9,13,20H,10-12,14H2,1H3,(H,24,30,31). The zero-order chi connectivity index (χ0) is 22.2. The van der Waals surface area contributed by atoms with Crippen molar-refractivity contribution in [2.45, 2.75) is 32.0 Å². The van der Waals surface area contributed by atoms with Crippen LogP contribution in [0, 0.1) is 0 Å². The number of para-hydroxylation sites is 1. The van der Waals surface area contributed by atoms with Crippen LogP contribution >= 0.6 is 0 Å². The Morgan fingerprint density at radius 1 is 1.09 bits per heavy atom. The topological polar surface area (TPSA) is 100 Å². The molecule has 3 heterocycles. The molecular weight excluding hydrogens is 408 g/mol. The van der Waals surface area contributed by atoms with Gasteiger partial charge in [-0.3, -0.25) is 19.7 Å². The Morgan fingerprint density at radius 2 is 1.91 bits per heavy atom. The van der Waals surface area contributed by atoms with E-state index in [-0.39, 0.29) is 24.8 Å². The summed E-state index contributed by atoms with van der Waals surface area (Å²) in [4.78, 5) is 40.4. The van der Waals surface area contributed by atoms with Crippen LogP contribution in [0.15, 0.2) is 54.7 Å². The van der Waals surface area contributed by atoms with Crippen LogP contribution in [0.2, 0.25) is 0 Å². The number of fused-ring (bicyclic) bond motifs is 1. The van der Waals surface area contributed by atoms with Crippen molar-refractivity contribution in [3.8, 4) is 5.69 Å². The van der Waals surface area contributed by atoms with Gasteiger partial charge < -0.3 is 9.80 Å². The second-order valence-corrected chi connectivity index (χ2v) is 8.05. The molecule has 0 radical (unpaired) electrons. The van der Waals surface area contributed by atoms with Gasteiger partial charge in [-0.1, -0.05) is 29.5 Å². The third kappa shape index (κ3) is 3.51. The average Bonchev–Trinajstić information content (AvgIpc) is 3.39. The molecule has 32 heavy (non-hydrogen) atoms. The van der Waals surface area contributed by atoms with E-state index in [1.165, 1.54) is 4.90 Å². The van der Waals surface area contributed by atoms with Gasteiger partial charge in [0.05, 0.1) is 18.4 Å². The van der Waals surface area contributed by atoms with Crippen LogP contribution in [-0.4, -0.2) is 50.7 Å². The Hall–Kier alpha value is -4.01. The first kappa shape index (κ1) is 19.9. The molecule has 0 saturated carbocycles. The zero-order valence-electron chi connectivity index (χ0n) is 17.6. The first-order valence-corrected chi connectivity index (χ1v) is 10.5. The van der Waals surface area contributed by atoms with Crippen molar-refractivity contribution in [1.82, 2.24) is 25.2 Å². The lowest BCUT2D eigenvalue weighted by Gasteiger charge is -2.29. The van der Waals surface area contributed by atoms with Gasteiger partial charge in [-0.2, -0.15) is 0 Å². The van der Waals surface area contributed by atoms with Crippen molar-refractivity contribution in [3.63, 3.8) is 0 Å². The number of aromatic nitrogens is 3. The Balaban J connectivity index is 1.38. The van der Waals surface area contributed by atoms with Gasteiger partial charge in [0.1, 0.15) is 11.7 Å². The van der Waals surface area contributed by atoms with Crippen LogP contribution in [-0.2, 0) is 22.7 Å². The van der Waals surface area contributed by atoms with E-state index in [1.54, 1.807) is 16.8 Å². The van der Waals surface area contributed by atoms with Crippen LogP contribution in [0.5, 0.6) is 0 Å². The number of nitrogens with zero attached hydrogens (tertiary/aromatic N) is 5. The van der Waals surface area contributed by atoms with Crippen molar-refractivity contribution in [2.75, 3.05) is 11.9 Å². The van der Waals surface area contributed by atoms with Crippen molar-refractivity contribution in [1.29, 1.82) is 0 Å². The van der Waals surface area contributed by atoms with E-state index in [0.29, 0.717) is 18.5 Å². The molecule has 3 aromatic rings. The largest absolute Gasteiger partial charge is 0.369 e. The van der Waals surface area contributed by atoms with Gasteiger partial charge in [-0.25, -0.2) is 4.68 Å². The summed E-state index contributed by atoms with van der Waals surface area (Å²) in [5, 5.41) is 10.9. The van der Waals surface area contributed by atoms with Crippen molar-refractivity contribution < 1.29 is 14.4 Å².